The lowest BCUT2D eigenvalue weighted by atomic mass is 9.89. The van der Waals surface area contributed by atoms with Gasteiger partial charge in [0.15, 0.2) is 5.67 Å². The van der Waals surface area contributed by atoms with Crippen molar-refractivity contribution in [2.75, 3.05) is 0 Å². The SMILES string of the molecule is O=C(O)C1C=CC(F)(Cc2ccccn2)C(F)=C1. The Morgan fingerprint density at radius 2 is 2.28 bits per heavy atom. The molecule has 5 heteroatoms. The van der Waals surface area contributed by atoms with Crippen molar-refractivity contribution in [2.45, 2.75) is 12.1 Å². The van der Waals surface area contributed by atoms with Gasteiger partial charge in [0.05, 0.1) is 5.92 Å². The van der Waals surface area contributed by atoms with Crippen LogP contribution in [0.3, 0.4) is 0 Å². The fourth-order valence-electron chi connectivity index (χ4n) is 1.75. The molecule has 1 aromatic heterocycles. The summed E-state index contributed by atoms with van der Waals surface area (Å²) in [5.41, 5.74) is -1.90. The number of carbonyl (C=O) groups is 1. The molecular weight excluding hydrogens is 240 g/mol. The van der Waals surface area contributed by atoms with Crippen molar-refractivity contribution < 1.29 is 18.7 Å². The van der Waals surface area contributed by atoms with E-state index in [1.807, 2.05) is 0 Å². The summed E-state index contributed by atoms with van der Waals surface area (Å²) in [5.74, 6) is -3.40. The molecule has 0 fully saturated rings. The molecular formula is C13H11F2NO2. The molecule has 94 valence electrons. The second-order valence-corrected chi connectivity index (χ2v) is 4.10. The molecule has 3 nitrogen and oxygen atoms in total. The van der Waals surface area contributed by atoms with E-state index in [4.69, 9.17) is 5.11 Å². The Bertz CT molecular complexity index is 513. The van der Waals surface area contributed by atoms with Gasteiger partial charge in [-0.25, -0.2) is 8.78 Å². The molecule has 2 unspecified atom stereocenters. The maximum absolute atomic E-state index is 14.3. The number of rotatable bonds is 3. The number of nitrogens with zero attached hydrogens (tertiary/aromatic N) is 1. The predicted molar refractivity (Wildman–Crippen MR) is 61.2 cm³/mol. The van der Waals surface area contributed by atoms with Crippen LogP contribution in [-0.4, -0.2) is 21.7 Å². The molecule has 0 aliphatic heterocycles. The van der Waals surface area contributed by atoms with Crippen LogP contribution < -0.4 is 0 Å². The zero-order valence-corrected chi connectivity index (χ0v) is 9.38. The summed E-state index contributed by atoms with van der Waals surface area (Å²) in [6.45, 7) is 0. The molecule has 0 saturated carbocycles. The highest BCUT2D eigenvalue weighted by Gasteiger charge is 2.37. The third kappa shape index (κ3) is 2.45. The van der Waals surface area contributed by atoms with Crippen molar-refractivity contribution in [2.24, 2.45) is 5.92 Å². The van der Waals surface area contributed by atoms with Crippen LogP contribution in [0.5, 0.6) is 0 Å². The van der Waals surface area contributed by atoms with Gasteiger partial charge in [-0.15, -0.1) is 0 Å². The Morgan fingerprint density at radius 1 is 1.50 bits per heavy atom. The summed E-state index contributed by atoms with van der Waals surface area (Å²) in [6.07, 6.45) is 4.13. The molecule has 2 atom stereocenters. The zero-order chi connectivity index (χ0) is 13.2. The second-order valence-electron chi connectivity index (χ2n) is 4.10. The molecule has 1 aliphatic carbocycles. The van der Waals surface area contributed by atoms with Gasteiger partial charge in [0, 0.05) is 18.3 Å². The molecule has 0 aromatic carbocycles. The lowest BCUT2D eigenvalue weighted by Gasteiger charge is -2.23. The highest BCUT2D eigenvalue weighted by Crippen LogP contribution is 2.34. The second kappa shape index (κ2) is 4.68. The maximum atomic E-state index is 14.3. The number of allylic oxidation sites excluding steroid dienone is 2. The minimum atomic E-state index is -2.31. The number of carboxylic acid groups (broad SMARTS) is 1. The van der Waals surface area contributed by atoms with E-state index < -0.39 is 23.4 Å². The van der Waals surface area contributed by atoms with E-state index in [1.165, 1.54) is 6.20 Å². The monoisotopic (exact) mass is 251 g/mol. The summed E-state index contributed by atoms with van der Waals surface area (Å²) in [7, 11) is 0. The van der Waals surface area contributed by atoms with Crippen LogP contribution in [0.4, 0.5) is 8.78 Å². The van der Waals surface area contributed by atoms with Gasteiger partial charge in [-0.2, -0.15) is 0 Å². The van der Waals surface area contributed by atoms with E-state index in [1.54, 1.807) is 18.2 Å². The molecule has 18 heavy (non-hydrogen) atoms. The molecule has 1 heterocycles. The van der Waals surface area contributed by atoms with Gasteiger partial charge in [0.2, 0.25) is 0 Å². The number of carboxylic acids is 1. The van der Waals surface area contributed by atoms with E-state index in [9.17, 15) is 13.6 Å². The number of aliphatic carboxylic acids is 1. The summed E-state index contributed by atoms with van der Waals surface area (Å²) in [6, 6.07) is 4.95. The third-order valence-electron chi connectivity index (χ3n) is 2.74. The van der Waals surface area contributed by atoms with Gasteiger partial charge in [-0.1, -0.05) is 12.1 Å². The van der Waals surface area contributed by atoms with Gasteiger partial charge in [-0.05, 0) is 24.3 Å². The largest absolute Gasteiger partial charge is 0.481 e. The van der Waals surface area contributed by atoms with Gasteiger partial charge >= 0.3 is 5.97 Å². The third-order valence-corrected chi connectivity index (χ3v) is 2.74. The Balaban J connectivity index is 2.21. The van der Waals surface area contributed by atoms with Crippen molar-refractivity contribution >= 4 is 5.97 Å². The zero-order valence-electron chi connectivity index (χ0n) is 9.38. The van der Waals surface area contributed by atoms with Gasteiger partial charge < -0.3 is 5.11 Å². The Morgan fingerprint density at radius 3 is 2.83 bits per heavy atom. The van der Waals surface area contributed by atoms with Crippen LogP contribution in [0.1, 0.15) is 5.69 Å². The van der Waals surface area contributed by atoms with E-state index in [2.05, 4.69) is 4.98 Å². The number of alkyl halides is 1. The van der Waals surface area contributed by atoms with E-state index in [-0.39, 0.29) is 6.42 Å². The average molecular weight is 251 g/mol. The summed E-state index contributed by atoms with van der Waals surface area (Å²) >= 11 is 0. The number of hydrogen-bond donors (Lipinski definition) is 1. The smallest absolute Gasteiger partial charge is 0.314 e. The first kappa shape index (κ1) is 12.4. The van der Waals surface area contributed by atoms with Crippen LogP contribution in [0.25, 0.3) is 0 Å². The minimum absolute atomic E-state index is 0.251. The Hall–Kier alpha value is -2.04. The highest BCUT2D eigenvalue weighted by molar-refractivity contribution is 5.75. The van der Waals surface area contributed by atoms with Crippen molar-refractivity contribution in [3.63, 3.8) is 0 Å². The normalized spacial score (nSPS) is 26.8. The molecule has 1 N–H and O–H groups in total. The molecule has 0 spiro atoms. The lowest BCUT2D eigenvalue weighted by molar-refractivity contribution is -0.138. The van der Waals surface area contributed by atoms with Crippen molar-refractivity contribution in [3.05, 3.63) is 54.1 Å². The first-order valence-electron chi connectivity index (χ1n) is 5.40. The van der Waals surface area contributed by atoms with Crippen molar-refractivity contribution in [1.29, 1.82) is 0 Å². The minimum Gasteiger partial charge on any atom is -0.481 e. The van der Waals surface area contributed by atoms with Crippen molar-refractivity contribution in [3.8, 4) is 0 Å². The van der Waals surface area contributed by atoms with Crippen LogP contribution in [0.15, 0.2) is 48.5 Å². The fourth-order valence-corrected chi connectivity index (χ4v) is 1.75. The molecule has 1 aliphatic rings. The number of pyridine rings is 1. The first-order valence-corrected chi connectivity index (χ1v) is 5.40. The summed E-state index contributed by atoms with van der Waals surface area (Å²) in [5, 5.41) is 8.72. The Kier molecular flexibility index (Phi) is 3.23. The quantitative estimate of drug-likeness (QED) is 0.839. The van der Waals surface area contributed by atoms with Gasteiger partial charge in [0.25, 0.3) is 0 Å². The standard InChI is InChI=1S/C13H11F2NO2/c14-11-7-9(12(17)18)4-5-13(11,15)8-10-3-1-2-6-16-10/h1-7,9H,8H2,(H,17,18). The predicted octanol–water partition coefficient (Wildman–Crippen LogP) is 2.46. The average Bonchev–Trinajstić information content (AvgIpc) is 2.34. The number of hydrogen-bond acceptors (Lipinski definition) is 2. The number of halogens is 2. The van der Waals surface area contributed by atoms with Crippen LogP contribution >= 0.6 is 0 Å². The van der Waals surface area contributed by atoms with Gasteiger partial charge in [-0.3, -0.25) is 9.78 Å². The van der Waals surface area contributed by atoms with Crippen LogP contribution in [0, 0.1) is 5.92 Å². The lowest BCUT2D eigenvalue weighted by Crippen LogP contribution is -2.29. The molecule has 1 aromatic rings. The van der Waals surface area contributed by atoms with E-state index in [0.717, 1.165) is 18.2 Å². The molecule has 0 saturated heterocycles. The van der Waals surface area contributed by atoms with E-state index >= 15 is 0 Å². The maximum Gasteiger partial charge on any atom is 0.314 e. The molecule has 0 bridgehead atoms. The summed E-state index contributed by atoms with van der Waals surface area (Å²) < 4.78 is 28.0. The van der Waals surface area contributed by atoms with Crippen LogP contribution in [-0.2, 0) is 11.2 Å². The van der Waals surface area contributed by atoms with E-state index in [0.29, 0.717) is 5.69 Å². The molecule has 2 rings (SSSR count). The highest BCUT2D eigenvalue weighted by atomic mass is 19.2. The summed E-state index contributed by atoms with van der Waals surface area (Å²) in [4.78, 5) is 14.6. The fraction of sp³-hybridized carbons (Fsp3) is 0.231. The topological polar surface area (TPSA) is 50.2 Å². The molecule has 0 radical (unpaired) electrons. The number of aromatic nitrogens is 1. The Labute approximate surface area is 102 Å². The van der Waals surface area contributed by atoms with Gasteiger partial charge in [0.1, 0.15) is 5.83 Å². The first-order chi connectivity index (χ1) is 8.51. The molecule has 0 amide bonds. The van der Waals surface area contributed by atoms with Crippen molar-refractivity contribution in [1.82, 2.24) is 4.98 Å². The van der Waals surface area contributed by atoms with Crippen LogP contribution in [0.2, 0.25) is 0 Å².